The first-order valence-electron chi connectivity index (χ1n) is 16.6. The highest BCUT2D eigenvalue weighted by atomic mass is 32.1. The molecule has 0 spiro atoms. The molecule has 0 fully saturated rings. The summed E-state index contributed by atoms with van der Waals surface area (Å²) in [6.45, 7) is 0. The Kier molecular flexibility index (Phi) is 6.61. The molecule has 10 aromatic rings. The summed E-state index contributed by atoms with van der Waals surface area (Å²) in [6, 6.07) is 64.4. The van der Waals surface area contributed by atoms with Crippen LogP contribution < -0.4 is 4.90 Å². The normalized spacial score (nSPS) is 11.7. The van der Waals surface area contributed by atoms with Crippen molar-refractivity contribution < 1.29 is 0 Å². The quantitative estimate of drug-likeness (QED) is 0.178. The van der Waals surface area contributed by atoms with Crippen LogP contribution in [0.1, 0.15) is 0 Å². The van der Waals surface area contributed by atoms with Crippen molar-refractivity contribution >= 4 is 90.9 Å². The summed E-state index contributed by atoms with van der Waals surface area (Å²) < 4.78 is 5.23. The molecule has 3 heteroatoms. The fourth-order valence-corrected chi connectivity index (χ4v) is 9.58. The molecular formula is C46H29NS2. The van der Waals surface area contributed by atoms with Gasteiger partial charge in [-0.2, -0.15) is 0 Å². The van der Waals surface area contributed by atoms with Gasteiger partial charge in [0.15, 0.2) is 0 Å². The van der Waals surface area contributed by atoms with Gasteiger partial charge in [-0.25, -0.2) is 0 Å². The molecule has 0 unspecified atom stereocenters. The third-order valence-electron chi connectivity index (χ3n) is 9.65. The first kappa shape index (κ1) is 28.3. The molecule has 0 radical (unpaired) electrons. The van der Waals surface area contributed by atoms with Crippen LogP contribution in [-0.4, -0.2) is 0 Å². The van der Waals surface area contributed by atoms with E-state index >= 15 is 0 Å². The monoisotopic (exact) mass is 659 g/mol. The fourth-order valence-electron chi connectivity index (χ4n) is 7.24. The van der Waals surface area contributed by atoms with Crippen molar-refractivity contribution in [2.24, 2.45) is 0 Å². The first-order valence-corrected chi connectivity index (χ1v) is 18.2. The number of benzene rings is 8. The summed E-state index contributed by atoms with van der Waals surface area (Å²) in [5.41, 5.74) is 8.37. The van der Waals surface area contributed by atoms with Gasteiger partial charge in [-0.1, -0.05) is 121 Å². The molecule has 0 bridgehead atoms. The lowest BCUT2D eigenvalue weighted by molar-refractivity contribution is 1.31. The summed E-state index contributed by atoms with van der Waals surface area (Å²) in [6.07, 6.45) is 0. The van der Waals surface area contributed by atoms with Crippen molar-refractivity contribution in [3.8, 4) is 22.3 Å². The highest BCUT2D eigenvalue weighted by Gasteiger charge is 2.19. The molecule has 0 saturated heterocycles. The molecule has 0 N–H and O–H groups in total. The lowest BCUT2D eigenvalue weighted by Crippen LogP contribution is -2.09. The summed E-state index contributed by atoms with van der Waals surface area (Å²) in [5, 5.41) is 7.77. The Bertz CT molecular complexity index is 2840. The summed E-state index contributed by atoms with van der Waals surface area (Å²) in [7, 11) is 0. The number of fused-ring (bicyclic) bond motifs is 7. The van der Waals surface area contributed by atoms with Crippen LogP contribution in [-0.2, 0) is 0 Å². The Morgan fingerprint density at radius 3 is 1.76 bits per heavy atom. The van der Waals surface area contributed by atoms with Gasteiger partial charge in [0.1, 0.15) is 0 Å². The van der Waals surface area contributed by atoms with E-state index in [1.807, 2.05) is 22.7 Å². The molecule has 2 heterocycles. The number of thiophene rings is 2. The van der Waals surface area contributed by atoms with Gasteiger partial charge in [-0.05, 0) is 87.6 Å². The van der Waals surface area contributed by atoms with Crippen LogP contribution in [0.15, 0.2) is 176 Å². The minimum absolute atomic E-state index is 1.14. The van der Waals surface area contributed by atoms with E-state index in [0.29, 0.717) is 0 Å². The van der Waals surface area contributed by atoms with Crippen LogP contribution in [0.2, 0.25) is 0 Å². The van der Waals surface area contributed by atoms with Gasteiger partial charge in [0.05, 0.1) is 10.4 Å². The number of anilines is 3. The average molecular weight is 660 g/mol. The predicted molar refractivity (Wildman–Crippen MR) is 215 cm³/mol. The summed E-state index contributed by atoms with van der Waals surface area (Å²) in [4.78, 5) is 2.44. The molecule has 0 atom stereocenters. The molecule has 8 aromatic carbocycles. The second kappa shape index (κ2) is 11.5. The molecule has 10 rings (SSSR count). The maximum absolute atomic E-state index is 2.44. The van der Waals surface area contributed by atoms with Crippen molar-refractivity contribution in [3.63, 3.8) is 0 Å². The van der Waals surface area contributed by atoms with E-state index in [-0.39, 0.29) is 0 Å². The Labute approximate surface area is 292 Å². The highest BCUT2D eigenvalue weighted by Crippen LogP contribution is 2.46. The lowest BCUT2D eigenvalue weighted by Gasteiger charge is -2.26. The lowest BCUT2D eigenvalue weighted by atomic mass is 9.97. The second-order valence-corrected chi connectivity index (χ2v) is 14.7. The Morgan fingerprint density at radius 1 is 0.327 bits per heavy atom. The topological polar surface area (TPSA) is 3.24 Å². The molecule has 230 valence electrons. The van der Waals surface area contributed by atoms with Crippen LogP contribution in [0.4, 0.5) is 17.1 Å². The van der Waals surface area contributed by atoms with Crippen LogP contribution in [0, 0.1) is 0 Å². The smallest absolute Gasteiger partial charge is 0.0640 e. The fraction of sp³-hybridized carbons (Fsp3) is 0. The molecule has 0 aliphatic carbocycles. The third-order valence-corrected chi connectivity index (χ3v) is 12.0. The molecule has 0 amide bonds. The zero-order chi connectivity index (χ0) is 32.3. The highest BCUT2D eigenvalue weighted by molar-refractivity contribution is 7.26. The van der Waals surface area contributed by atoms with E-state index in [0.717, 1.165) is 11.4 Å². The van der Waals surface area contributed by atoms with Crippen LogP contribution >= 0.6 is 22.7 Å². The van der Waals surface area contributed by atoms with Crippen LogP contribution in [0.5, 0.6) is 0 Å². The second-order valence-electron chi connectivity index (χ2n) is 12.6. The van der Waals surface area contributed by atoms with Gasteiger partial charge >= 0.3 is 0 Å². The first-order chi connectivity index (χ1) is 24.3. The number of hydrogen-bond acceptors (Lipinski definition) is 3. The van der Waals surface area contributed by atoms with E-state index in [2.05, 4.69) is 181 Å². The van der Waals surface area contributed by atoms with Crippen molar-refractivity contribution in [1.82, 2.24) is 0 Å². The number of hydrogen-bond donors (Lipinski definition) is 0. The number of rotatable bonds is 5. The minimum Gasteiger partial charge on any atom is -0.309 e. The van der Waals surface area contributed by atoms with Crippen LogP contribution in [0.3, 0.4) is 0 Å². The predicted octanol–water partition coefficient (Wildman–Crippen LogP) is 14.4. The van der Waals surface area contributed by atoms with Gasteiger partial charge in [0.25, 0.3) is 0 Å². The summed E-state index contributed by atoms with van der Waals surface area (Å²) >= 11 is 3.74. The molecular weight excluding hydrogens is 631 g/mol. The standard InChI is InChI=1S/C46H29NS2/c1-2-10-32-28-35(20-19-30(32)9-1)34-12-7-11-33(27-34)31-21-23-36(24-22-31)47(37-25-26-40-38-13-3-5-17-43(38)48-45(40)29-37)42-16-8-15-41-39-14-4-6-18-44(39)49-46(41)42/h1-29H. The Balaban J connectivity index is 1.10. The van der Waals surface area contributed by atoms with Crippen molar-refractivity contribution in [2.75, 3.05) is 4.90 Å². The maximum Gasteiger partial charge on any atom is 0.0640 e. The molecule has 2 aromatic heterocycles. The SMILES string of the molecule is c1cc(-c2ccc(N(c3ccc4c(c3)sc3ccccc34)c3cccc4c3sc3ccccc34)cc2)cc(-c2ccc3ccccc3c2)c1. The molecule has 0 saturated carbocycles. The van der Waals surface area contributed by atoms with E-state index in [4.69, 9.17) is 0 Å². The maximum atomic E-state index is 2.44. The van der Waals surface area contributed by atoms with E-state index < -0.39 is 0 Å². The van der Waals surface area contributed by atoms with E-state index in [9.17, 15) is 0 Å². The van der Waals surface area contributed by atoms with Crippen LogP contribution in [0.25, 0.3) is 73.4 Å². The minimum atomic E-state index is 1.14. The van der Waals surface area contributed by atoms with Gasteiger partial charge < -0.3 is 4.90 Å². The van der Waals surface area contributed by atoms with Gasteiger partial charge in [0, 0.05) is 47.0 Å². The van der Waals surface area contributed by atoms with E-state index in [1.165, 1.54) is 79.1 Å². The largest absolute Gasteiger partial charge is 0.309 e. The Morgan fingerprint density at radius 2 is 0.918 bits per heavy atom. The molecule has 0 aliphatic heterocycles. The zero-order valence-corrected chi connectivity index (χ0v) is 28.1. The van der Waals surface area contributed by atoms with Crippen molar-refractivity contribution in [2.45, 2.75) is 0 Å². The van der Waals surface area contributed by atoms with Crippen molar-refractivity contribution in [1.29, 1.82) is 0 Å². The average Bonchev–Trinajstić information content (AvgIpc) is 3.74. The third kappa shape index (κ3) is 4.82. The zero-order valence-electron chi connectivity index (χ0n) is 26.5. The molecule has 49 heavy (non-hydrogen) atoms. The molecule has 1 nitrogen and oxygen atoms in total. The van der Waals surface area contributed by atoms with E-state index in [1.54, 1.807) is 0 Å². The van der Waals surface area contributed by atoms with Crippen molar-refractivity contribution in [3.05, 3.63) is 176 Å². The summed E-state index contributed by atoms with van der Waals surface area (Å²) in [5.74, 6) is 0. The van der Waals surface area contributed by atoms with Gasteiger partial charge in [-0.15, -0.1) is 22.7 Å². The number of nitrogens with zero attached hydrogens (tertiary/aromatic N) is 1. The Hall–Kier alpha value is -5.74. The van der Waals surface area contributed by atoms with Gasteiger partial charge in [0.2, 0.25) is 0 Å². The molecule has 0 aliphatic rings. The van der Waals surface area contributed by atoms with Gasteiger partial charge in [-0.3, -0.25) is 0 Å².